The second-order valence-corrected chi connectivity index (χ2v) is 6.75. The van der Waals surface area contributed by atoms with Crippen LogP contribution in [0.1, 0.15) is 16.7 Å². The third kappa shape index (κ3) is 4.22. The summed E-state index contributed by atoms with van der Waals surface area (Å²) in [6, 6.07) is 15.5. The lowest BCUT2D eigenvalue weighted by molar-refractivity contribution is -0.139. The van der Waals surface area contributed by atoms with Crippen molar-refractivity contribution >= 4 is 35.0 Å². The molecular weight excluding hydrogens is 380 g/mol. The molecule has 28 heavy (non-hydrogen) atoms. The number of amides is 2. The van der Waals surface area contributed by atoms with Crippen LogP contribution in [-0.2, 0) is 16.1 Å². The van der Waals surface area contributed by atoms with Crippen molar-refractivity contribution in [1.82, 2.24) is 4.90 Å². The van der Waals surface area contributed by atoms with Crippen LogP contribution < -0.4 is 4.74 Å². The Morgan fingerprint density at radius 1 is 1.18 bits per heavy atom. The van der Waals surface area contributed by atoms with Gasteiger partial charge in [-0.1, -0.05) is 36.4 Å². The topological polar surface area (TPSA) is 108 Å². The van der Waals surface area contributed by atoms with E-state index in [4.69, 9.17) is 9.84 Å². The van der Waals surface area contributed by atoms with Crippen LogP contribution in [0.3, 0.4) is 0 Å². The summed E-state index contributed by atoms with van der Waals surface area (Å²) in [5.41, 5.74) is 1.48. The molecule has 1 heterocycles. The molecule has 0 radical (unpaired) electrons. The summed E-state index contributed by atoms with van der Waals surface area (Å²) in [6.45, 7) is -0.514. The second-order valence-electron chi connectivity index (χ2n) is 5.76. The first kappa shape index (κ1) is 19.2. The number of carbonyl (C=O) groups excluding carboxylic acids is 2. The van der Waals surface area contributed by atoms with Crippen LogP contribution in [0.25, 0.3) is 6.08 Å². The summed E-state index contributed by atoms with van der Waals surface area (Å²) in [7, 11) is 0. The summed E-state index contributed by atoms with van der Waals surface area (Å²) in [5.74, 6) is -1.30. The Balaban J connectivity index is 1.84. The van der Waals surface area contributed by atoms with E-state index in [-0.39, 0.29) is 11.4 Å². The third-order valence-corrected chi connectivity index (χ3v) is 4.80. The molecule has 2 amide bonds. The largest absolute Gasteiger partial charge is 0.481 e. The summed E-state index contributed by atoms with van der Waals surface area (Å²) >= 11 is 0.786. The molecule has 1 aliphatic heterocycles. The standard InChI is InChI=1S/C20H14N2O5S/c21-10-14-6-1-2-7-15(14)11-22-19(25)17(28-20(22)26)9-13-5-3-4-8-16(13)27-12-18(23)24/h1-9H,11-12H2,(H,23,24). The van der Waals surface area contributed by atoms with Crippen molar-refractivity contribution in [3.05, 3.63) is 70.1 Å². The van der Waals surface area contributed by atoms with E-state index in [9.17, 15) is 19.6 Å². The monoisotopic (exact) mass is 394 g/mol. The number of hydrogen-bond acceptors (Lipinski definition) is 6. The number of para-hydroxylation sites is 1. The number of nitrogens with zero attached hydrogens (tertiary/aromatic N) is 2. The zero-order valence-corrected chi connectivity index (χ0v) is 15.3. The minimum absolute atomic E-state index is 0.00288. The van der Waals surface area contributed by atoms with E-state index in [1.165, 1.54) is 6.08 Å². The van der Waals surface area contributed by atoms with Crippen molar-refractivity contribution in [3.8, 4) is 11.8 Å². The lowest BCUT2D eigenvalue weighted by Crippen LogP contribution is -2.27. The molecule has 0 unspecified atom stereocenters. The molecular formula is C20H14N2O5S. The van der Waals surface area contributed by atoms with E-state index in [1.807, 2.05) is 6.07 Å². The smallest absolute Gasteiger partial charge is 0.341 e. The molecule has 0 saturated carbocycles. The zero-order valence-electron chi connectivity index (χ0n) is 14.5. The lowest BCUT2D eigenvalue weighted by atomic mass is 10.1. The first-order chi connectivity index (χ1) is 13.5. The molecule has 8 heteroatoms. The van der Waals surface area contributed by atoms with Gasteiger partial charge in [0.2, 0.25) is 0 Å². The van der Waals surface area contributed by atoms with E-state index in [2.05, 4.69) is 0 Å². The molecule has 0 bridgehead atoms. The molecule has 0 atom stereocenters. The van der Waals surface area contributed by atoms with Gasteiger partial charge in [-0.25, -0.2) is 4.79 Å². The molecule has 140 valence electrons. The van der Waals surface area contributed by atoms with Gasteiger partial charge < -0.3 is 9.84 Å². The highest BCUT2D eigenvalue weighted by Gasteiger charge is 2.35. The first-order valence-corrected chi connectivity index (χ1v) is 8.98. The van der Waals surface area contributed by atoms with Crippen LogP contribution >= 0.6 is 11.8 Å². The Morgan fingerprint density at radius 2 is 1.89 bits per heavy atom. The molecule has 1 saturated heterocycles. The van der Waals surface area contributed by atoms with Crippen molar-refractivity contribution in [1.29, 1.82) is 5.26 Å². The van der Waals surface area contributed by atoms with Crippen molar-refractivity contribution in [3.63, 3.8) is 0 Å². The van der Waals surface area contributed by atoms with Crippen LogP contribution in [-0.4, -0.2) is 33.7 Å². The maximum atomic E-state index is 12.7. The Hall–Kier alpha value is -3.57. The summed E-state index contributed by atoms with van der Waals surface area (Å²) < 4.78 is 5.22. The number of carboxylic acid groups (broad SMARTS) is 1. The van der Waals surface area contributed by atoms with Gasteiger partial charge in [0.05, 0.1) is 23.1 Å². The highest BCUT2D eigenvalue weighted by Crippen LogP contribution is 2.35. The number of aliphatic carboxylic acids is 1. The van der Waals surface area contributed by atoms with Gasteiger partial charge in [0, 0.05) is 5.56 Å². The number of benzene rings is 2. The SMILES string of the molecule is N#Cc1ccccc1CN1C(=O)SC(=Cc2ccccc2OCC(=O)O)C1=O. The van der Waals surface area contributed by atoms with Crippen LogP contribution in [0, 0.1) is 11.3 Å². The molecule has 1 fully saturated rings. The molecule has 0 aliphatic carbocycles. The number of imide groups is 1. The average Bonchev–Trinajstić information content (AvgIpc) is 2.95. The molecule has 7 nitrogen and oxygen atoms in total. The number of carbonyl (C=O) groups is 3. The number of rotatable bonds is 6. The second kappa shape index (κ2) is 8.41. The number of ether oxygens (including phenoxy) is 1. The van der Waals surface area contributed by atoms with E-state index in [0.717, 1.165) is 16.7 Å². The van der Waals surface area contributed by atoms with Crippen LogP contribution in [0.15, 0.2) is 53.4 Å². The van der Waals surface area contributed by atoms with E-state index < -0.39 is 23.7 Å². The van der Waals surface area contributed by atoms with Crippen LogP contribution in [0.5, 0.6) is 5.75 Å². The molecule has 0 aromatic heterocycles. The number of thioether (sulfide) groups is 1. The number of nitriles is 1. The quantitative estimate of drug-likeness (QED) is 0.749. The summed E-state index contributed by atoms with van der Waals surface area (Å²) in [4.78, 5) is 37.0. The van der Waals surface area contributed by atoms with Crippen molar-refractivity contribution in [2.75, 3.05) is 6.61 Å². The molecule has 1 aliphatic rings. The van der Waals surface area contributed by atoms with Crippen molar-refractivity contribution in [2.45, 2.75) is 6.54 Å². The van der Waals surface area contributed by atoms with Gasteiger partial charge in [-0.15, -0.1) is 0 Å². The number of carboxylic acids is 1. The molecule has 2 aromatic carbocycles. The van der Waals surface area contributed by atoms with Gasteiger partial charge in [0.1, 0.15) is 5.75 Å². The van der Waals surface area contributed by atoms with Gasteiger partial charge in [0.25, 0.3) is 11.1 Å². The number of hydrogen-bond donors (Lipinski definition) is 1. The lowest BCUT2D eigenvalue weighted by Gasteiger charge is -2.13. The first-order valence-electron chi connectivity index (χ1n) is 8.16. The minimum Gasteiger partial charge on any atom is -0.481 e. The Kier molecular flexibility index (Phi) is 5.77. The van der Waals surface area contributed by atoms with Crippen molar-refractivity contribution < 1.29 is 24.2 Å². The van der Waals surface area contributed by atoms with Gasteiger partial charge >= 0.3 is 5.97 Å². The van der Waals surface area contributed by atoms with E-state index in [1.54, 1.807) is 48.5 Å². The van der Waals surface area contributed by atoms with Crippen LogP contribution in [0.4, 0.5) is 4.79 Å². The molecule has 3 rings (SSSR count). The van der Waals surface area contributed by atoms with Crippen LogP contribution in [0.2, 0.25) is 0 Å². The minimum atomic E-state index is -1.12. The predicted molar refractivity (Wildman–Crippen MR) is 102 cm³/mol. The Bertz CT molecular complexity index is 1030. The highest BCUT2D eigenvalue weighted by atomic mass is 32.2. The normalized spacial score (nSPS) is 15.0. The molecule has 0 spiro atoms. The van der Waals surface area contributed by atoms with E-state index >= 15 is 0 Å². The summed E-state index contributed by atoms with van der Waals surface area (Å²) in [5, 5.41) is 17.5. The fourth-order valence-electron chi connectivity index (χ4n) is 2.59. The highest BCUT2D eigenvalue weighted by molar-refractivity contribution is 8.18. The third-order valence-electron chi connectivity index (χ3n) is 3.90. The predicted octanol–water partition coefficient (Wildman–Crippen LogP) is 3.26. The average molecular weight is 394 g/mol. The van der Waals surface area contributed by atoms with Gasteiger partial charge in [-0.05, 0) is 35.5 Å². The maximum absolute atomic E-state index is 12.7. The van der Waals surface area contributed by atoms with Gasteiger partial charge in [-0.2, -0.15) is 5.26 Å². The summed E-state index contributed by atoms with van der Waals surface area (Å²) in [6.07, 6.45) is 1.50. The maximum Gasteiger partial charge on any atom is 0.341 e. The van der Waals surface area contributed by atoms with Gasteiger partial charge in [-0.3, -0.25) is 14.5 Å². The van der Waals surface area contributed by atoms with Gasteiger partial charge in [0.15, 0.2) is 6.61 Å². The fourth-order valence-corrected chi connectivity index (χ4v) is 3.42. The molecule has 2 aromatic rings. The molecule has 1 N–H and O–H groups in total. The van der Waals surface area contributed by atoms with Crippen molar-refractivity contribution in [2.24, 2.45) is 0 Å². The van der Waals surface area contributed by atoms with E-state index in [0.29, 0.717) is 22.4 Å². The zero-order chi connectivity index (χ0) is 20.1. The Morgan fingerprint density at radius 3 is 2.64 bits per heavy atom. The fraction of sp³-hybridized carbons (Fsp3) is 0.100. The Labute approximate surface area is 164 Å².